The predicted molar refractivity (Wildman–Crippen MR) is 101 cm³/mol. The molecule has 2 aromatic rings. The summed E-state index contributed by atoms with van der Waals surface area (Å²) in [6.45, 7) is 2.30. The standard InChI is InChI=1S/C20H20N4O5/c1-11-6-18(23-29-11)22-20(28)21-9-12-2-3-13-10-24(19(27)15(13)7-12)16-5-4-14(25)8-17(16)26/h2-3,6-7,16H,4-5,8-10H2,1H3,(H2,21,22,23,28). The van der Waals surface area contributed by atoms with E-state index in [1.165, 1.54) is 0 Å². The van der Waals surface area contributed by atoms with Gasteiger partial charge in [0.2, 0.25) is 0 Å². The van der Waals surface area contributed by atoms with Crippen LogP contribution in [0.2, 0.25) is 0 Å². The van der Waals surface area contributed by atoms with Crippen LogP contribution in [0.5, 0.6) is 0 Å². The van der Waals surface area contributed by atoms with E-state index in [0.717, 1.165) is 11.1 Å². The molecule has 29 heavy (non-hydrogen) atoms. The van der Waals surface area contributed by atoms with Crippen LogP contribution in [-0.2, 0) is 22.7 Å². The molecule has 1 aliphatic carbocycles. The Kier molecular flexibility index (Phi) is 4.87. The van der Waals surface area contributed by atoms with Crippen LogP contribution in [0.15, 0.2) is 28.8 Å². The summed E-state index contributed by atoms with van der Waals surface area (Å²) >= 11 is 0. The van der Waals surface area contributed by atoms with Crippen molar-refractivity contribution in [3.05, 3.63) is 46.7 Å². The number of anilines is 1. The zero-order valence-corrected chi connectivity index (χ0v) is 15.9. The molecule has 4 rings (SSSR count). The average Bonchev–Trinajstić information content (AvgIpc) is 3.23. The van der Waals surface area contributed by atoms with Gasteiger partial charge >= 0.3 is 6.03 Å². The summed E-state index contributed by atoms with van der Waals surface area (Å²) < 4.78 is 4.89. The number of amides is 3. The van der Waals surface area contributed by atoms with E-state index in [2.05, 4.69) is 15.8 Å². The lowest BCUT2D eigenvalue weighted by Gasteiger charge is -2.29. The molecule has 1 aliphatic heterocycles. The number of carbonyl (C=O) groups excluding carboxylic acids is 4. The van der Waals surface area contributed by atoms with Gasteiger partial charge in [-0.3, -0.25) is 19.7 Å². The molecule has 0 saturated heterocycles. The number of fused-ring (bicyclic) bond motifs is 1. The molecule has 2 heterocycles. The first-order valence-corrected chi connectivity index (χ1v) is 9.36. The molecule has 9 nitrogen and oxygen atoms in total. The molecule has 150 valence electrons. The Morgan fingerprint density at radius 3 is 2.83 bits per heavy atom. The molecule has 1 atom stereocenters. The number of hydrogen-bond donors (Lipinski definition) is 2. The van der Waals surface area contributed by atoms with Crippen molar-refractivity contribution in [2.45, 2.75) is 45.3 Å². The Morgan fingerprint density at radius 2 is 2.10 bits per heavy atom. The molecule has 0 spiro atoms. The van der Waals surface area contributed by atoms with Gasteiger partial charge in [0.15, 0.2) is 11.6 Å². The molecule has 2 N–H and O–H groups in total. The second-order valence-corrected chi connectivity index (χ2v) is 7.29. The molecule has 2 aliphatic rings. The Balaban J connectivity index is 1.39. The van der Waals surface area contributed by atoms with Crippen molar-refractivity contribution in [2.24, 2.45) is 0 Å². The molecule has 1 unspecified atom stereocenters. The number of aryl methyl sites for hydroxylation is 1. The summed E-state index contributed by atoms with van der Waals surface area (Å²) in [5, 5.41) is 8.94. The molecule has 0 radical (unpaired) electrons. The van der Waals surface area contributed by atoms with Crippen LogP contribution < -0.4 is 10.6 Å². The van der Waals surface area contributed by atoms with E-state index in [1.807, 2.05) is 12.1 Å². The highest BCUT2D eigenvalue weighted by Gasteiger charge is 2.38. The molecular weight excluding hydrogens is 376 g/mol. The van der Waals surface area contributed by atoms with Gasteiger partial charge in [-0.1, -0.05) is 17.3 Å². The lowest BCUT2D eigenvalue weighted by Crippen LogP contribution is -2.44. The number of nitrogens with one attached hydrogen (secondary N) is 2. The van der Waals surface area contributed by atoms with Gasteiger partial charge < -0.3 is 14.7 Å². The Morgan fingerprint density at radius 1 is 1.28 bits per heavy atom. The van der Waals surface area contributed by atoms with Crippen molar-refractivity contribution in [1.29, 1.82) is 0 Å². The summed E-state index contributed by atoms with van der Waals surface area (Å²) in [4.78, 5) is 50.0. The van der Waals surface area contributed by atoms with Crippen LogP contribution in [0.4, 0.5) is 10.6 Å². The smallest absolute Gasteiger partial charge is 0.320 e. The summed E-state index contributed by atoms with van der Waals surface area (Å²) in [5.41, 5.74) is 2.13. The summed E-state index contributed by atoms with van der Waals surface area (Å²) in [6, 6.07) is 6.03. The quantitative estimate of drug-likeness (QED) is 0.762. The Labute approximate surface area is 166 Å². The van der Waals surface area contributed by atoms with Gasteiger partial charge in [0.1, 0.15) is 11.5 Å². The van der Waals surface area contributed by atoms with Crippen LogP contribution in [0.1, 0.15) is 46.5 Å². The first kappa shape index (κ1) is 18.9. The Bertz CT molecular complexity index is 1010. The van der Waals surface area contributed by atoms with Crippen molar-refractivity contribution in [2.75, 3.05) is 5.32 Å². The molecular formula is C20H20N4O5. The van der Waals surface area contributed by atoms with Crippen LogP contribution in [0.25, 0.3) is 0 Å². The highest BCUT2D eigenvalue weighted by atomic mass is 16.5. The summed E-state index contributed by atoms with van der Waals surface area (Å²) in [6.07, 6.45) is 0.611. The van der Waals surface area contributed by atoms with Crippen LogP contribution in [0, 0.1) is 6.92 Å². The fourth-order valence-corrected chi connectivity index (χ4v) is 3.69. The molecule has 1 aromatic carbocycles. The van der Waals surface area contributed by atoms with E-state index in [1.54, 1.807) is 24.0 Å². The summed E-state index contributed by atoms with van der Waals surface area (Å²) in [5.74, 6) is 0.433. The lowest BCUT2D eigenvalue weighted by atomic mass is 9.92. The van der Waals surface area contributed by atoms with E-state index in [0.29, 0.717) is 36.5 Å². The maximum atomic E-state index is 12.8. The molecule has 3 amide bonds. The number of benzene rings is 1. The van der Waals surface area contributed by atoms with E-state index in [9.17, 15) is 19.2 Å². The Hall–Kier alpha value is -3.49. The highest BCUT2D eigenvalue weighted by Crippen LogP contribution is 2.29. The van der Waals surface area contributed by atoms with Gasteiger partial charge in [0, 0.05) is 31.1 Å². The zero-order valence-electron chi connectivity index (χ0n) is 15.9. The third-order valence-electron chi connectivity index (χ3n) is 5.14. The van der Waals surface area contributed by atoms with Crippen molar-refractivity contribution in [3.63, 3.8) is 0 Å². The van der Waals surface area contributed by atoms with Crippen molar-refractivity contribution < 1.29 is 23.7 Å². The minimum atomic E-state index is -0.536. The van der Waals surface area contributed by atoms with Crippen LogP contribution in [0.3, 0.4) is 0 Å². The molecule has 0 bridgehead atoms. The third-order valence-corrected chi connectivity index (χ3v) is 5.14. The predicted octanol–water partition coefficient (Wildman–Crippen LogP) is 1.95. The highest BCUT2D eigenvalue weighted by molar-refractivity contribution is 6.07. The summed E-state index contributed by atoms with van der Waals surface area (Å²) in [7, 11) is 0. The number of hydrogen-bond acceptors (Lipinski definition) is 6. The minimum Gasteiger partial charge on any atom is -0.360 e. The van der Waals surface area contributed by atoms with Crippen molar-refractivity contribution in [1.82, 2.24) is 15.4 Å². The maximum absolute atomic E-state index is 12.8. The van der Waals surface area contributed by atoms with E-state index in [4.69, 9.17) is 4.52 Å². The number of nitrogens with zero attached hydrogens (tertiary/aromatic N) is 2. The topological polar surface area (TPSA) is 122 Å². The molecule has 1 saturated carbocycles. The van der Waals surface area contributed by atoms with Gasteiger partial charge in [-0.05, 0) is 30.5 Å². The van der Waals surface area contributed by atoms with Crippen LogP contribution in [-0.4, -0.2) is 39.6 Å². The second-order valence-electron chi connectivity index (χ2n) is 7.29. The number of carbonyl (C=O) groups is 4. The van der Waals surface area contributed by atoms with Crippen molar-refractivity contribution in [3.8, 4) is 0 Å². The number of ketones is 2. The molecule has 1 aromatic heterocycles. The van der Waals surface area contributed by atoms with Crippen LogP contribution >= 0.6 is 0 Å². The van der Waals surface area contributed by atoms with Gasteiger partial charge in [-0.15, -0.1) is 0 Å². The first-order valence-electron chi connectivity index (χ1n) is 9.36. The fraction of sp³-hybridized carbons (Fsp3) is 0.350. The van der Waals surface area contributed by atoms with Crippen molar-refractivity contribution >= 4 is 29.3 Å². The van der Waals surface area contributed by atoms with E-state index < -0.39 is 12.1 Å². The van der Waals surface area contributed by atoms with Gasteiger partial charge in [-0.25, -0.2) is 4.79 Å². The number of aromatic nitrogens is 1. The molecule has 9 heteroatoms. The van der Waals surface area contributed by atoms with E-state index in [-0.39, 0.29) is 30.4 Å². The number of Topliss-reactive ketones (excluding diaryl/α,β-unsaturated/α-hetero) is 2. The second kappa shape index (κ2) is 7.50. The number of urea groups is 1. The van der Waals surface area contributed by atoms with Gasteiger partial charge in [0.05, 0.1) is 12.5 Å². The van der Waals surface area contributed by atoms with Gasteiger partial charge in [0.25, 0.3) is 5.91 Å². The fourth-order valence-electron chi connectivity index (χ4n) is 3.69. The number of rotatable bonds is 4. The first-order chi connectivity index (χ1) is 13.9. The maximum Gasteiger partial charge on any atom is 0.320 e. The minimum absolute atomic E-state index is 0.0668. The normalized spacial score (nSPS) is 18.7. The average molecular weight is 396 g/mol. The largest absolute Gasteiger partial charge is 0.360 e. The molecule has 1 fully saturated rings. The zero-order chi connectivity index (χ0) is 20.5. The van der Waals surface area contributed by atoms with E-state index >= 15 is 0 Å². The van der Waals surface area contributed by atoms with Gasteiger partial charge in [-0.2, -0.15) is 0 Å². The third kappa shape index (κ3) is 3.89. The lowest BCUT2D eigenvalue weighted by molar-refractivity contribution is -0.133. The SMILES string of the molecule is Cc1cc(NC(=O)NCc2ccc3c(c2)C(=O)N(C2CCC(=O)CC2=O)C3)no1. The monoisotopic (exact) mass is 396 g/mol.